The van der Waals surface area contributed by atoms with Gasteiger partial charge in [0.15, 0.2) is 0 Å². The third kappa shape index (κ3) is 4.65. The van der Waals surface area contributed by atoms with Crippen LogP contribution >= 0.6 is 0 Å². The van der Waals surface area contributed by atoms with Crippen LogP contribution in [0.15, 0.2) is 0 Å². The van der Waals surface area contributed by atoms with E-state index in [0.717, 1.165) is 24.3 Å². The molecule has 2 N–H and O–H groups in total. The van der Waals surface area contributed by atoms with E-state index in [1.807, 2.05) is 6.92 Å². The molecule has 0 radical (unpaired) electrons. The topological polar surface area (TPSA) is 49.6 Å². The Balaban J connectivity index is 2.58. The third-order valence-electron chi connectivity index (χ3n) is 3.55. The largest absolute Gasteiger partial charge is 0.471 e. The summed E-state index contributed by atoms with van der Waals surface area (Å²) in [4.78, 5) is 14.3. The van der Waals surface area contributed by atoms with Crippen molar-refractivity contribution in [3.63, 3.8) is 0 Å². The van der Waals surface area contributed by atoms with Crippen molar-refractivity contribution in [1.29, 1.82) is 0 Å². The number of halogens is 3. The van der Waals surface area contributed by atoms with Crippen LogP contribution in [-0.2, 0) is 4.79 Å². The molecule has 1 fully saturated rings. The summed E-state index contributed by atoms with van der Waals surface area (Å²) in [5.74, 6) is -1.72. The zero-order valence-corrected chi connectivity index (χ0v) is 11.2. The average Bonchev–Trinajstić information content (AvgIpc) is 2.59. The number of carbonyl (C=O) groups excluding carboxylic acids is 1. The molecular weight excluding hydrogens is 259 g/mol. The van der Waals surface area contributed by atoms with Crippen molar-refractivity contribution in [1.82, 2.24) is 9.80 Å². The third-order valence-corrected chi connectivity index (χ3v) is 3.55. The smallest absolute Gasteiger partial charge is 0.334 e. The fourth-order valence-corrected chi connectivity index (χ4v) is 2.52. The van der Waals surface area contributed by atoms with E-state index in [0.29, 0.717) is 25.6 Å². The molecular formula is C12H22F3N3O. The normalized spacial score (nSPS) is 20.2. The molecule has 0 saturated carbocycles. The minimum absolute atomic E-state index is 0.138. The number of nitrogens with zero attached hydrogens (tertiary/aromatic N) is 2. The second-order valence-electron chi connectivity index (χ2n) is 4.82. The van der Waals surface area contributed by atoms with Gasteiger partial charge in [-0.1, -0.05) is 6.92 Å². The molecule has 1 saturated heterocycles. The standard InChI is InChI=1S/C12H22F3N3O/c1-2-10(4-5-16)17-6-3-7-18(9-8-17)11(19)12(13,14)15/h10H,2-9,16H2,1H3. The van der Waals surface area contributed by atoms with Gasteiger partial charge in [-0.05, 0) is 25.8 Å². The number of alkyl halides is 3. The van der Waals surface area contributed by atoms with Crippen molar-refractivity contribution in [2.75, 3.05) is 32.7 Å². The molecule has 1 heterocycles. The molecule has 1 aliphatic heterocycles. The van der Waals surface area contributed by atoms with Gasteiger partial charge in [-0.25, -0.2) is 0 Å². The summed E-state index contributed by atoms with van der Waals surface area (Å²) in [6.45, 7) is 4.14. The molecule has 0 aliphatic carbocycles. The van der Waals surface area contributed by atoms with Gasteiger partial charge in [0, 0.05) is 32.2 Å². The Labute approximate surface area is 111 Å². The van der Waals surface area contributed by atoms with Crippen LogP contribution in [0, 0.1) is 0 Å². The maximum Gasteiger partial charge on any atom is 0.471 e. The second-order valence-corrected chi connectivity index (χ2v) is 4.82. The summed E-state index contributed by atoms with van der Waals surface area (Å²) in [5, 5.41) is 0. The fourth-order valence-electron chi connectivity index (χ4n) is 2.52. The van der Waals surface area contributed by atoms with Crippen molar-refractivity contribution in [2.24, 2.45) is 5.73 Å². The van der Waals surface area contributed by atoms with E-state index in [4.69, 9.17) is 5.73 Å². The lowest BCUT2D eigenvalue weighted by Crippen LogP contribution is -2.44. The maximum absolute atomic E-state index is 12.4. The highest BCUT2D eigenvalue weighted by Gasteiger charge is 2.42. The second kappa shape index (κ2) is 7.09. The van der Waals surface area contributed by atoms with Crippen LogP contribution in [0.3, 0.4) is 0 Å². The van der Waals surface area contributed by atoms with E-state index < -0.39 is 12.1 Å². The molecule has 0 bridgehead atoms. The minimum atomic E-state index is -4.77. The number of amides is 1. The van der Waals surface area contributed by atoms with E-state index in [-0.39, 0.29) is 13.1 Å². The van der Waals surface area contributed by atoms with Crippen LogP contribution in [-0.4, -0.2) is 60.6 Å². The fraction of sp³-hybridized carbons (Fsp3) is 0.917. The highest BCUT2D eigenvalue weighted by Crippen LogP contribution is 2.20. The Kier molecular flexibility index (Phi) is 6.06. The van der Waals surface area contributed by atoms with Gasteiger partial charge in [-0.3, -0.25) is 9.69 Å². The Bertz CT molecular complexity index is 296. The molecule has 0 aromatic carbocycles. The summed E-state index contributed by atoms with van der Waals surface area (Å²) < 4.78 is 37.2. The highest BCUT2D eigenvalue weighted by atomic mass is 19.4. The van der Waals surface area contributed by atoms with Crippen molar-refractivity contribution in [3.05, 3.63) is 0 Å². The number of hydrogen-bond donors (Lipinski definition) is 1. The first-order valence-corrected chi connectivity index (χ1v) is 6.70. The van der Waals surface area contributed by atoms with E-state index in [9.17, 15) is 18.0 Å². The van der Waals surface area contributed by atoms with Crippen molar-refractivity contribution in [3.8, 4) is 0 Å². The van der Waals surface area contributed by atoms with Crippen molar-refractivity contribution >= 4 is 5.91 Å². The molecule has 1 amide bonds. The summed E-state index contributed by atoms with van der Waals surface area (Å²) in [6, 6.07) is 0.297. The van der Waals surface area contributed by atoms with Gasteiger partial charge < -0.3 is 10.6 Å². The minimum Gasteiger partial charge on any atom is -0.334 e. The first-order valence-electron chi connectivity index (χ1n) is 6.70. The summed E-state index contributed by atoms with van der Waals surface area (Å²) in [6.07, 6.45) is -2.44. The zero-order chi connectivity index (χ0) is 14.5. The lowest BCUT2D eigenvalue weighted by atomic mass is 10.1. The molecule has 1 unspecified atom stereocenters. The van der Waals surface area contributed by atoms with Crippen LogP contribution in [0.5, 0.6) is 0 Å². The van der Waals surface area contributed by atoms with E-state index in [2.05, 4.69) is 4.90 Å². The summed E-state index contributed by atoms with van der Waals surface area (Å²) in [7, 11) is 0. The number of hydrogen-bond acceptors (Lipinski definition) is 3. The van der Waals surface area contributed by atoms with E-state index >= 15 is 0 Å². The predicted octanol–water partition coefficient (Wildman–Crippen LogP) is 1.21. The zero-order valence-electron chi connectivity index (χ0n) is 11.2. The van der Waals surface area contributed by atoms with Gasteiger partial charge in [0.25, 0.3) is 0 Å². The Morgan fingerprint density at radius 2 is 1.95 bits per heavy atom. The molecule has 4 nitrogen and oxygen atoms in total. The first kappa shape index (κ1) is 16.2. The van der Waals surface area contributed by atoms with Gasteiger partial charge in [-0.15, -0.1) is 0 Å². The lowest BCUT2D eigenvalue weighted by Gasteiger charge is -2.29. The van der Waals surface area contributed by atoms with Crippen molar-refractivity contribution < 1.29 is 18.0 Å². The molecule has 0 aromatic rings. The molecule has 19 heavy (non-hydrogen) atoms. The predicted molar refractivity (Wildman–Crippen MR) is 66.6 cm³/mol. The highest BCUT2D eigenvalue weighted by molar-refractivity contribution is 5.81. The SMILES string of the molecule is CCC(CCN)N1CCCN(C(=O)C(F)(F)F)CC1. The maximum atomic E-state index is 12.4. The van der Waals surface area contributed by atoms with Gasteiger partial charge in [0.2, 0.25) is 0 Å². The number of carbonyl (C=O) groups is 1. The monoisotopic (exact) mass is 281 g/mol. The molecule has 0 spiro atoms. The van der Waals surface area contributed by atoms with Crippen LogP contribution in [0.1, 0.15) is 26.2 Å². The van der Waals surface area contributed by atoms with Gasteiger partial charge in [0.05, 0.1) is 0 Å². The molecule has 112 valence electrons. The molecule has 1 aliphatic rings. The molecule has 1 rings (SSSR count). The van der Waals surface area contributed by atoms with Crippen LogP contribution in [0.25, 0.3) is 0 Å². The van der Waals surface area contributed by atoms with Crippen LogP contribution < -0.4 is 5.73 Å². The average molecular weight is 281 g/mol. The van der Waals surface area contributed by atoms with Gasteiger partial charge in [-0.2, -0.15) is 13.2 Å². The number of nitrogens with two attached hydrogens (primary N) is 1. The van der Waals surface area contributed by atoms with Gasteiger partial charge >= 0.3 is 12.1 Å². The summed E-state index contributed by atoms with van der Waals surface area (Å²) in [5.41, 5.74) is 5.54. The molecule has 1 atom stereocenters. The first-order chi connectivity index (χ1) is 8.90. The Morgan fingerprint density at radius 1 is 1.26 bits per heavy atom. The van der Waals surface area contributed by atoms with Crippen LogP contribution in [0.4, 0.5) is 13.2 Å². The lowest BCUT2D eigenvalue weighted by molar-refractivity contribution is -0.185. The van der Waals surface area contributed by atoms with E-state index in [1.165, 1.54) is 0 Å². The van der Waals surface area contributed by atoms with Crippen molar-refractivity contribution in [2.45, 2.75) is 38.4 Å². The van der Waals surface area contributed by atoms with Crippen LogP contribution in [0.2, 0.25) is 0 Å². The van der Waals surface area contributed by atoms with Gasteiger partial charge in [0.1, 0.15) is 0 Å². The quantitative estimate of drug-likeness (QED) is 0.842. The summed E-state index contributed by atoms with van der Waals surface area (Å²) >= 11 is 0. The van der Waals surface area contributed by atoms with E-state index in [1.54, 1.807) is 0 Å². The molecule has 7 heteroatoms. The Morgan fingerprint density at radius 3 is 2.47 bits per heavy atom. The Hall–Kier alpha value is -0.820. The number of rotatable bonds is 4. The molecule has 0 aromatic heterocycles.